The van der Waals surface area contributed by atoms with E-state index < -0.39 is 5.54 Å². The van der Waals surface area contributed by atoms with E-state index in [-0.39, 0.29) is 23.8 Å². The van der Waals surface area contributed by atoms with Crippen LogP contribution in [-0.2, 0) is 9.59 Å². The third-order valence-corrected chi connectivity index (χ3v) is 5.68. The number of carbonyl (C=O) groups excluding carboxylic acids is 2. The Bertz CT molecular complexity index is 656. The quantitative estimate of drug-likeness (QED) is 0.882. The van der Waals surface area contributed by atoms with E-state index in [4.69, 9.17) is 5.73 Å². The maximum atomic E-state index is 12.7. The molecule has 2 amide bonds. The average molecular weight is 343 g/mol. The summed E-state index contributed by atoms with van der Waals surface area (Å²) >= 11 is 0. The van der Waals surface area contributed by atoms with E-state index >= 15 is 0 Å². The molecule has 2 aliphatic rings. The minimum Gasteiger partial charge on any atom is -0.349 e. The minimum absolute atomic E-state index is 0.0415. The number of nitrogens with two attached hydrogens (primary N) is 1. The summed E-state index contributed by atoms with van der Waals surface area (Å²) in [5, 5.41) is 3.13. The fourth-order valence-corrected chi connectivity index (χ4v) is 4.07. The molecule has 3 rings (SSSR count). The van der Waals surface area contributed by atoms with E-state index in [9.17, 15) is 9.59 Å². The summed E-state index contributed by atoms with van der Waals surface area (Å²) in [5.41, 5.74) is 7.86. The van der Waals surface area contributed by atoms with Gasteiger partial charge >= 0.3 is 0 Å². The molecule has 5 nitrogen and oxygen atoms in total. The van der Waals surface area contributed by atoms with Gasteiger partial charge in [0.25, 0.3) is 0 Å². The summed E-state index contributed by atoms with van der Waals surface area (Å²) in [7, 11) is 0. The van der Waals surface area contributed by atoms with E-state index in [1.165, 1.54) is 0 Å². The van der Waals surface area contributed by atoms with E-state index in [0.29, 0.717) is 6.42 Å². The molecule has 0 bridgehead atoms. The molecule has 1 saturated carbocycles. The number of nitrogens with one attached hydrogen (secondary N) is 1. The molecule has 3 atom stereocenters. The van der Waals surface area contributed by atoms with Crippen LogP contribution in [-0.4, -0.2) is 23.9 Å². The van der Waals surface area contributed by atoms with Crippen LogP contribution in [0.15, 0.2) is 24.3 Å². The number of rotatable bonds is 4. The normalized spacial score (nSPS) is 28.0. The maximum Gasteiger partial charge on any atom is 0.227 e. The van der Waals surface area contributed by atoms with Crippen molar-refractivity contribution in [3.63, 3.8) is 0 Å². The van der Waals surface area contributed by atoms with Gasteiger partial charge in [0.05, 0.1) is 12.0 Å². The van der Waals surface area contributed by atoms with E-state index in [1.807, 2.05) is 43.0 Å². The molecule has 0 radical (unpaired) electrons. The standard InChI is InChI=1S/C20H29N3O2/c1-14(22-19(25)17-9-3-4-11-20(17,2)21)15-7-5-8-16(13-15)23-12-6-10-18(23)24/h5,7-8,13-14,17H,3-4,6,9-12,21H2,1-2H3,(H,22,25). The minimum atomic E-state index is -0.425. The molecule has 25 heavy (non-hydrogen) atoms. The molecule has 1 saturated heterocycles. The van der Waals surface area contributed by atoms with Crippen molar-refractivity contribution in [3.05, 3.63) is 29.8 Å². The first-order valence-corrected chi connectivity index (χ1v) is 9.38. The van der Waals surface area contributed by atoms with E-state index in [0.717, 1.165) is 49.9 Å². The molecule has 1 heterocycles. The first-order chi connectivity index (χ1) is 11.9. The van der Waals surface area contributed by atoms with Gasteiger partial charge in [0, 0.05) is 24.2 Å². The largest absolute Gasteiger partial charge is 0.349 e. The Morgan fingerprint density at radius 1 is 1.36 bits per heavy atom. The molecular weight excluding hydrogens is 314 g/mol. The smallest absolute Gasteiger partial charge is 0.227 e. The fourth-order valence-electron chi connectivity index (χ4n) is 4.07. The molecule has 1 aromatic carbocycles. The van der Waals surface area contributed by atoms with Crippen LogP contribution < -0.4 is 16.0 Å². The SMILES string of the molecule is CC(NC(=O)C1CCCCC1(C)N)c1cccc(N2CCCC2=O)c1. The monoisotopic (exact) mass is 343 g/mol. The van der Waals surface area contributed by atoms with Crippen LogP contribution in [0.3, 0.4) is 0 Å². The van der Waals surface area contributed by atoms with Crippen LogP contribution in [0.5, 0.6) is 0 Å². The molecule has 1 aliphatic heterocycles. The summed E-state index contributed by atoms with van der Waals surface area (Å²) in [4.78, 5) is 26.5. The Hall–Kier alpha value is -1.88. The van der Waals surface area contributed by atoms with E-state index in [1.54, 1.807) is 0 Å². The summed E-state index contributed by atoms with van der Waals surface area (Å²) in [6.07, 6.45) is 5.43. The lowest BCUT2D eigenvalue weighted by Crippen LogP contribution is -2.53. The molecule has 2 fully saturated rings. The number of nitrogens with zero attached hydrogens (tertiary/aromatic N) is 1. The lowest BCUT2D eigenvalue weighted by Gasteiger charge is -2.37. The van der Waals surface area contributed by atoms with Gasteiger partial charge in [-0.3, -0.25) is 9.59 Å². The molecule has 0 aromatic heterocycles. The second-order valence-electron chi connectivity index (χ2n) is 7.78. The van der Waals surface area contributed by atoms with Gasteiger partial charge in [0.1, 0.15) is 0 Å². The van der Waals surface area contributed by atoms with Gasteiger partial charge in [-0.1, -0.05) is 25.0 Å². The molecule has 3 N–H and O–H groups in total. The van der Waals surface area contributed by atoms with Crippen molar-refractivity contribution < 1.29 is 9.59 Å². The Kier molecular flexibility index (Phi) is 5.13. The van der Waals surface area contributed by atoms with Gasteiger partial charge in [-0.25, -0.2) is 0 Å². The number of benzene rings is 1. The van der Waals surface area contributed by atoms with Crippen molar-refractivity contribution in [2.24, 2.45) is 11.7 Å². The van der Waals surface area contributed by atoms with Crippen molar-refractivity contribution in [2.75, 3.05) is 11.4 Å². The zero-order valence-corrected chi connectivity index (χ0v) is 15.3. The van der Waals surface area contributed by atoms with Gasteiger partial charge in [-0.2, -0.15) is 0 Å². The van der Waals surface area contributed by atoms with Crippen LogP contribution >= 0.6 is 0 Å². The number of hydrogen-bond donors (Lipinski definition) is 2. The highest BCUT2D eigenvalue weighted by Crippen LogP contribution is 2.32. The van der Waals surface area contributed by atoms with Gasteiger partial charge in [-0.15, -0.1) is 0 Å². The number of anilines is 1. The van der Waals surface area contributed by atoms with Crippen LogP contribution in [0.2, 0.25) is 0 Å². The molecule has 0 spiro atoms. The lowest BCUT2D eigenvalue weighted by atomic mass is 9.74. The Morgan fingerprint density at radius 3 is 2.84 bits per heavy atom. The van der Waals surface area contributed by atoms with Crippen LogP contribution in [0.25, 0.3) is 0 Å². The molecule has 5 heteroatoms. The summed E-state index contributed by atoms with van der Waals surface area (Å²) < 4.78 is 0. The Balaban J connectivity index is 1.69. The molecule has 3 unspecified atom stereocenters. The van der Waals surface area contributed by atoms with Gasteiger partial charge in [-0.05, 0) is 50.8 Å². The van der Waals surface area contributed by atoms with Gasteiger partial charge < -0.3 is 16.0 Å². The molecular formula is C20H29N3O2. The van der Waals surface area contributed by atoms with Crippen molar-refractivity contribution in [1.29, 1.82) is 0 Å². The predicted octanol–water partition coefficient (Wildman–Crippen LogP) is 2.90. The Morgan fingerprint density at radius 2 is 2.16 bits per heavy atom. The van der Waals surface area contributed by atoms with Crippen LogP contribution in [0, 0.1) is 5.92 Å². The van der Waals surface area contributed by atoms with E-state index in [2.05, 4.69) is 5.32 Å². The zero-order chi connectivity index (χ0) is 18.0. The first kappa shape index (κ1) is 17.9. The highest BCUT2D eigenvalue weighted by atomic mass is 16.2. The third-order valence-electron chi connectivity index (χ3n) is 5.68. The topological polar surface area (TPSA) is 75.4 Å². The summed E-state index contributed by atoms with van der Waals surface area (Å²) in [6, 6.07) is 7.81. The Labute approximate surface area is 150 Å². The van der Waals surface area contributed by atoms with Crippen molar-refractivity contribution in [2.45, 2.75) is 64.0 Å². The highest BCUT2D eigenvalue weighted by molar-refractivity contribution is 5.95. The van der Waals surface area contributed by atoms with Crippen LogP contribution in [0.4, 0.5) is 5.69 Å². The van der Waals surface area contributed by atoms with Gasteiger partial charge in [0.15, 0.2) is 0 Å². The first-order valence-electron chi connectivity index (χ1n) is 9.38. The van der Waals surface area contributed by atoms with Crippen molar-refractivity contribution in [1.82, 2.24) is 5.32 Å². The third kappa shape index (κ3) is 3.87. The highest BCUT2D eigenvalue weighted by Gasteiger charge is 2.38. The van der Waals surface area contributed by atoms with Gasteiger partial charge in [0.2, 0.25) is 11.8 Å². The molecule has 1 aromatic rings. The average Bonchev–Trinajstić information content (AvgIpc) is 3.00. The molecule has 136 valence electrons. The second kappa shape index (κ2) is 7.16. The molecule has 1 aliphatic carbocycles. The summed E-state index contributed by atoms with van der Waals surface area (Å²) in [5.74, 6) is 0.0850. The number of hydrogen-bond acceptors (Lipinski definition) is 3. The number of carbonyl (C=O) groups is 2. The predicted molar refractivity (Wildman–Crippen MR) is 99.1 cm³/mol. The fraction of sp³-hybridized carbons (Fsp3) is 0.600. The zero-order valence-electron chi connectivity index (χ0n) is 15.3. The van der Waals surface area contributed by atoms with Crippen molar-refractivity contribution in [3.8, 4) is 0 Å². The van der Waals surface area contributed by atoms with Crippen molar-refractivity contribution >= 4 is 17.5 Å². The van der Waals surface area contributed by atoms with Crippen LogP contribution in [0.1, 0.15) is 64.0 Å². The second-order valence-corrected chi connectivity index (χ2v) is 7.78. The lowest BCUT2D eigenvalue weighted by molar-refractivity contribution is -0.128. The number of amides is 2. The maximum absolute atomic E-state index is 12.7. The summed E-state index contributed by atoms with van der Waals surface area (Å²) in [6.45, 7) is 4.75.